The molecule has 0 saturated heterocycles. The summed E-state index contributed by atoms with van der Waals surface area (Å²) >= 11 is 0. The largest absolute Gasteiger partial charge is 0.497 e. The zero-order valence-electron chi connectivity index (χ0n) is 14.1. The first-order valence-corrected chi connectivity index (χ1v) is 7.76. The number of aryl methyl sites for hydroxylation is 1. The number of aromatic nitrogens is 4. The molecule has 0 fully saturated rings. The van der Waals surface area contributed by atoms with Crippen LogP contribution < -0.4 is 10.1 Å². The predicted octanol–water partition coefficient (Wildman–Crippen LogP) is 2.25. The van der Waals surface area contributed by atoms with E-state index in [1.54, 1.807) is 20.4 Å². The van der Waals surface area contributed by atoms with Crippen LogP contribution in [0, 0.1) is 6.92 Å². The highest BCUT2D eigenvalue weighted by Crippen LogP contribution is 2.23. The smallest absolute Gasteiger partial charge is 0.154 e. The van der Waals surface area contributed by atoms with E-state index in [-0.39, 0.29) is 0 Å². The SMILES string of the molecule is COCCNc1nc(C)nc2ccn(Cc3cc(OC)ccn3)c12. The normalized spacial score (nSPS) is 11.0. The maximum atomic E-state index is 5.27. The van der Waals surface area contributed by atoms with Crippen LogP contribution in [0.3, 0.4) is 0 Å². The maximum Gasteiger partial charge on any atom is 0.154 e. The molecule has 0 spiro atoms. The molecule has 7 heteroatoms. The Morgan fingerprint density at radius 3 is 2.88 bits per heavy atom. The molecule has 0 amide bonds. The van der Waals surface area contributed by atoms with Gasteiger partial charge in [0.05, 0.1) is 31.5 Å². The Morgan fingerprint density at radius 1 is 1.21 bits per heavy atom. The number of methoxy groups -OCH3 is 2. The van der Waals surface area contributed by atoms with Crippen LogP contribution in [-0.2, 0) is 11.3 Å². The lowest BCUT2D eigenvalue weighted by Gasteiger charge is -2.11. The number of pyridine rings is 1. The molecule has 0 bridgehead atoms. The summed E-state index contributed by atoms with van der Waals surface area (Å²) in [7, 11) is 3.33. The van der Waals surface area contributed by atoms with Crippen LogP contribution >= 0.6 is 0 Å². The van der Waals surface area contributed by atoms with E-state index in [0.717, 1.165) is 34.1 Å². The van der Waals surface area contributed by atoms with Crippen LogP contribution in [0.4, 0.5) is 5.82 Å². The second-order valence-electron chi connectivity index (χ2n) is 5.40. The minimum atomic E-state index is 0.614. The average Bonchev–Trinajstić information content (AvgIpc) is 2.98. The number of rotatable bonds is 7. The summed E-state index contributed by atoms with van der Waals surface area (Å²) in [6.45, 7) is 3.81. The van der Waals surface area contributed by atoms with Crippen molar-refractivity contribution in [2.45, 2.75) is 13.5 Å². The first-order chi connectivity index (χ1) is 11.7. The van der Waals surface area contributed by atoms with Gasteiger partial charge < -0.3 is 19.4 Å². The number of hydrogen-bond donors (Lipinski definition) is 1. The molecule has 1 N–H and O–H groups in total. The zero-order valence-corrected chi connectivity index (χ0v) is 14.1. The van der Waals surface area contributed by atoms with E-state index in [1.807, 2.05) is 31.3 Å². The molecule has 0 aliphatic heterocycles. The van der Waals surface area contributed by atoms with Gasteiger partial charge >= 0.3 is 0 Å². The van der Waals surface area contributed by atoms with Crippen LogP contribution in [0.1, 0.15) is 11.5 Å². The summed E-state index contributed by atoms with van der Waals surface area (Å²) in [5.74, 6) is 2.34. The van der Waals surface area contributed by atoms with E-state index in [0.29, 0.717) is 19.7 Å². The average molecular weight is 327 g/mol. The highest BCUT2D eigenvalue weighted by Gasteiger charge is 2.11. The van der Waals surface area contributed by atoms with Gasteiger partial charge in [0.25, 0.3) is 0 Å². The Morgan fingerprint density at radius 2 is 2.08 bits per heavy atom. The molecule has 7 nitrogen and oxygen atoms in total. The van der Waals surface area contributed by atoms with Crippen molar-refractivity contribution in [3.05, 3.63) is 42.1 Å². The van der Waals surface area contributed by atoms with E-state index < -0.39 is 0 Å². The molecule has 3 rings (SSSR count). The van der Waals surface area contributed by atoms with Crippen LogP contribution in [0.5, 0.6) is 5.75 Å². The Labute approximate surface area is 140 Å². The molecule has 0 radical (unpaired) electrons. The minimum absolute atomic E-state index is 0.614. The molecule has 0 aromatic carbocycles. The number of nitrogens with zero attached hydrogens (tertiary/aromatic N) is 4. The van der Waals surface area contributed by atoms with E-state index in [2.05, 4.69) is 24.8 Å². The standard InChI is InChI=1S/C17H21N5O2/c1-12-20-15-5-8-22(11-13-10-14(24-3)4-6-18-13)16(15)17(21-12)19-7-9-23-2/h4-6,8,10H,7,9,11H2,1-3H3,(H,19,20,21). The topological polar surface area (TPSA) is 74.1 Å². The molecule has 3 aromatic heterocycles. The van der Waals surface area contributed by atoms with Gasteiger partial charge in [-0.05, 0) is 19.1 Å². The van der Waals surface area contributed by atoms with E-state index in [9.17, 15) is 0 Å². The fraction of sp³-hybridized carbons (Fsp3) is 0.353. The molecule has 0 atom stereocenters. The van der Waals surface area contributed by atoms with Gasteiger partial charge in [-0.3, -0.25) is 4.98 Å². The third-order valence-corrected chi connectivity index (χ3v) is 3.68. The van der Waals surface area contributed by atoms with Crippen LogP contribution in [0.15, 0.2) is 30.6 Å². The van der Waals surface area contributed by atoms with Crippen molar-refractivity contribution in [2.75, 3.05) is 32.7 Å². The molecule has 0 saturated carbocycles. The molecule has 126 valence electrons. The Hall–Kier alpha value is -2.67. The molecule has 3 aromatic rings. The van der Waals surface area contributed by atoms with Crippen LogP contribution in [0.2, 0.25) is 0 Å². The Bertz CT molecular complexity index is 831. The lowest BCUT2D eigenvalue weighted by molar-refractivity contribution is 0.210. The number of nitrogens with one attached hydrogen (secondary N) is 1. The quantitative estimate of drug-likeness (QED) is 0.671. The third-order valence-electron chi connectivity index (χ3n) is 3.68. The summed E-state index contributed by atoms with van der Waals surface area (Å²) in [6.07, 6.45) is 3.75. The monoisotopic (exact) mass is 327 g/mol. The van der Waals surface area contributed by atoms with Gasteiger partial charge in [-0.25, -0.2) is 9.97 Å². The van der Waals surface area contributed by atoms with Crippen LogP contribution in [-0.4, -0.2) is 46.9 Å². The highest BCUT2D eigenvalue weighted by atomic mass is 16.5. The van der Waals surface area contributed by atoms with Crippen molar-refractivity contribution in [1.29, 1.82) is 0 Å². The van der Waals surface area contributed by atoms with Gasteiger partial charge in [0, 0.05) is 32.1 Å². The minimum Gasteiger partial charge on any atom is -0.497 e. The lowest BCUT2D eigenvalue weighted by Crippen LogP contribution is -2.12. The van der Waals surface area contributed by atoms with Gasteiger partial charge in [-0.2, -0.15) is 0 Å². The Balaban J connectivity index is 1.95. The van der Waals surface area contributed by atoms with Crippen molar-refractivity contribution < 1.29 is 9.47 Å². The number of hydrogen-bond acceptors (Lipinski definition) is 6. The van der Waals surface area contributed by atoms with Gasteiger partial charge in [-0.15, -0.1) is 0 Å². The molecule has 0 aliphatic rings. The Kier molecular flexibility index (Phi) is 4.90. The summed E-state index contributed by atoms with van der Waals surface area (Å²) in [5, 5.41) is 3.32. The van der Waals surface area contributed by atoms with Crippen molar-refractivity contribution in [3.63, 3.8) is 0 Å². The van der Waals surface area contributed by atoms with Crippen molar-refractivity contribution in [2.24, 2.45) is 0 Å². The summed E-state index contributed by atoms with van der Waals surface area (Å²) < 4.78 is 12.5. The van der Waals surface area contributed by atoms with Crippen molar-refractivity contribution >= 4 is 16.9 Å². The molecule has 24 heavy (non-hydrogen) atoms. The molecule has 0 unspecified atom stereocenters. The summed E-state index contributed by atoms with van der Waals surface area (Å²) in [6, 6.07) is 5.76. The van der Waals surface area contributed by atoms with Crippen molar-refractivity contribution in [1.82, 2.24) is 19.5 Å². The van der Waals surface area contributed by atoms with Gasteiger partial charge in [0.15, 0.2) is 5.82 Å². The molecular weight excluding hydrogens is 306 g/mol. The summed E-state index contributed by atoms with van der Waals surface area (Å²) in [5.41, 5.74) is 2.78. The first kappa shape index (κ1) is 16.2. The third kappa shape index (κ3) is 3.46. The zero-order chi connectivity index (χ0) is 16.9. The van der Waals surface area contributed by atoms with Gasteiger partial charge in [0.1, 0.15) is 17.1 Å². The molecule has 0 aliphatic carbocycles. The number of anilines is 1. The number of fused-ring (bicyclic) bond motifs is 1. The molecular formula is C17H21N5O2. The van der Waals surface area contributed by atoms with E-state index in [4.69, 9.17) is 9.47 Å². The second kappa shape index (κ2) is 7.27. The highest BCUT2D eigenvalue weighted by molar-refractivity contribution is 5.86. The first-order valence-electron chi connectivity index (χ1n) is 7.76. The predicted molar refractivity (Wildman–Crippen MR) is 92.5 cm³/mol. The fourth-order valence-corrected chi connectivity index (χ4v) is 2.59. The van der Waals surface area contributed by atoms with E-state index in [1.165, 1.54) is 0 Å². The lowest BCUT2D eigenvalue weighted by atomic mass is 10.3. The van der Waals surface area contributed by atoms with Gasteiger partial charge in [0.2, 0.25) is 0 Å². The second-order valence-corrected chi connectivity index (χ2v) is 5.40. The molecule has 3 heterocycles. The summed E-state index contributed by atoms with van der Waals surface area (Å²) in [4.78, 5) is 13.5. The fourth-order valence-electron chi connectivity index (χ4n) is 2.59. The van der Waals surface area contributed by atoms with E-state index >= 15 is 0 Å². The number of ether oxygens (including phenoxy) is 2. The van der Waals surface area contributed by atoms with Gasteiger partial charge in [-0.1, -0.05) is 0 Å². The maximum absolute atomic E-state index is 5.27. The van der Waals surface area contributed by atoms with Crippen molar-refractivity contribution in [3.8, 4) is 5.75 Å². The van der Waals surface area contributed by atoms with Crippen LogP contribution in [0.25, 0.3) is 11.0 Å².